The Morgan fingerprint density at radius 3 is 2.54 bits per heavy atom. The summed E-state index contributed by atoms with van der Waals surface area (Å²) in [6.07, 6.45) is 4.01. The van der Waals surface area contributed by atoms with Crippen molar-refractivity contribution in [3.8, 4) is 11.5 Å². The Bertz CT molecular complexity index is 860. The summed E-state index contributed by atoms with van der Waals surface area (Å²) in [7, 11) is -3.06. The monoisotopic (exact) mass is 374 g/mol. The summed E-state index contributed by atoms with van der Waals surface area (Å²) >= 11 is 0. The lowest BCUT2D eigenvalue weighted by atomic mass is 10.1. The molecule has 7 heteroatoms. The molecular weight excluding hydrogens is 352 g/mol. The molecule has 1 aliphatic heterocycles. The van der Waals surface area contributed by atoms with Gasteiger partial charge in [0.25, 0.3) is 5.91 Å². The zero-order chi connectivity index (χ0) is 18.6. The number of likely N-dealkylation sites (tertiary alicyclic amines) is 1. The highest BCUT2D eigenvalue weighted by Crippen LogP contribution is 2.27. The second-order valence-corrected chi connectivity index (χ2v) is 8.80. The average molecular weight is 374 g/mol. The molecule has 1 aromatic carbocycles. The molecule has 6 nitrogen and oxygen atoms in total. The topological polar surface area (TPSA) is 76.6 Å². The number of hydrogen-bond donors (Lipinski definition) is 0. The van der Waals surface area contributed by atoms with Crippen molar-refractivity contribution < 1.29 is 17.9 Å². The van der Waals surface area contributed by atoms with Gasteiger partial charge in [0.1, 0.15) is 17.1 Å². The molecule has 26 heavy (non-hydrogen) atoms. The van der Waals surface area contributed by atoms with Crippen LogP contribution in [0.25, 0.3) is 0 Å². The van der Waals surface area contributed by atoms with Gasteiger partial charge in [-0.15, -0.1) is 0 Å². The first-order valence-electron chi connectivity index (χ1n) is 8.69. The molecule has 0 bridgehead atoms. The Morgan fingerprint density at radius 1 is 1.19 bits per heavy atom. The smallest absolute Gasteiger partial charge is 0.259 e. The fourth-order valence-electron chi connectivity index (χ4n) is 3.07. The summed E-state index contributed by atoms with van der Waals surface area (Å²) in [5.41, 5.74) is 0.383. The maximum Gasteiger partial charge on any atom is 0.259 e. The zero-order valence-corrected chi connectivity index (χ0v) is 15.5. The van der Waals surface area contributed by atoms with Gasteiger partial charge < -0.3 is 9.64 Å². The number of nitrogens with zero attached hydrogens (tertiary/aromatic N) is 2. The first-order chi connectivity index (χ1) is 12.5. The second kappa shape index (κ2) is 7.86. The Labute approximate surface area is 153 Å². The summed E-state index contributed by atoms with van der Waals surface area (Å²) in [6.45, 7) is 2.50. The van der Waals surface area contributed by atoms with E-state index in [2.05, 4.69) is 4.98 Å². The highest BCUT2D eigenvalue weighted by molar-refractivity contribution is 7.92. The average Bonchev–Trinajstić information content (AvgIpc) is 2.69. The van der Waals surface area contributed by atoms with Gasteiger partial charge in [0.15, 0.2) is 9.84 Å². The van der Waals surface area contributed by atoms with Crippen molar-refractivity contribution in [2.45, 2.75) is 25.0 Å². The fourth-order valence-corrected chi connectivity index (χ4v) is 4.47. The summed E-state index contributed by atoms with van der Waals surface area (Å²) in [5.74, 6) is 1.04. The molecule has 2 heterocycles. The van der Waals surface area contributed by atoms with Crippen LogP contribution in [0.15, 0.2) is 48.8 Å². The van der Waals surface area contributed by atoms with Crippen LogP contribution >= 0.6 is 0 Å². The third kappa shape index (κ3) is 4.04. The molecule has 1 amide bonds. The van der Waals surface area contributed by atoms with Crippen LogP contribution in [0.3, 0.4) is 0 Å². The lowest BCUT2D eigenvalue weighted by Gasteiger charge is -2.31. The van der Waals surface area contributed by atoms with Crippen LogP contribution in [0.4, 0.5) is 0 Å². The van der Waals surface area contributed by atoms with Crippen LogP contribution in [0.2, 0.25) is 0 Å². The molecule has 2 aromatic rings. The van der Waals surface area contributed by atoms with Crippen LogP contribution in [0, 0.1) is 0 Å². The van der Waals surface area contributed by atoms with Crippen molar-refractivity contribution in [3.63, 3.8) is 0 Å². The first-order valence-corrected chi connectivity index (χ1v) is 10.4. The third-order valence-corrected chi connectivity index (χ3v) is 6.91. The van der Waals surface area contributed by atoms with E-state index in [0.717, 1.165) is 0 Å². The quantitative estimate of drug-likeness (QED) is 0.804. The molecule has 1 saturated heterocycles. The van der Waals surface area contributed by atoms with Crippen molar-refractivity contribution in [2.75, 3.05) is 18.8 Å². The predicted octanol–water partition coefficient (Wildman–Crippen LogP) is 2.91. The highest BCUT2D eigenvalue weighted by atomic mass is 32.2. The van der Waals surface area contributed by atoms with Crippen molar-refractivity contribution in [3.05, 3.63) is 54.4 Å². The molecular formula is C19H22N2O4S. The SMILES string of the molecule is CCS(=O)(=O)C1CCN(C(=O)c2cnccc2Oc2ccccc2)CC1. The van der Waals surface area contributed by atoms with E-state index >= 15 is 0 Å². The summed E-state index contributed by atoms with van der Waals surface area (Å²) < 4.78 is 29.9. The fraction of sp³-hybridized carbons (Fsp3) is 0.368. The number of para-hydroxylation sites is 1. The molecule has 0 spiro atoms. The van der Waals surface area contributed by atoms with Gasteiger partial charge in [0.2, 0.25) is 0 Å². The van der Waals surface area contributed by atoms with Crippen molar-refractivity contribution >= 4 is 15.7 Å². The van der Waals surface area contributed by atoms with Gasteiger partial charge in [0.05, 0.1) is 5.25 Å². The number of rotatable bonds is 5. The molecule has 0 saturated carbocycles. The first kappa shape index (κ1) is 18.4. The van der Waals surface area contributed by atoms with Crippen molar-refractivity contribution in [1.82, 2.24) is 9.88 Å². The number of piperidine rings is 1. The number of sulfone groups is 1. The number of ether oxygens (including phenoxy) is 1. The molecule has 0 N–H and O–H groups in total. The van der Waals surface area contributed by atoms with E-state index in [0.29, 0.717) is 43.0 Å². The lowest BCUT2D eigenvalue weighted by molar-refractivity contribution is 0.0722. The van der Waals surface area contributed by atoms with E-state index in [1.165, 1.54) is 6.20 Å². The number of benzene rings is 1. The van der Waals surface area contributed by atoms with Crippen molar-refractivity contribution in [1.29, 1.82) is 0 Å². The molecule has 1 fully saturated rings. The summed E-state index contributed by atoms with van der Waals surface area (Å²) in [4.78, 5) is 18.6. The predicted molar refractivity (Wildman–Crippen MR) is 99.1 cm³/mol. The van der Waals surface area contributed by atoms with Crippen LogP contribution in [-0.4, -0.2) is 48.3 Å². The summed E-state index contributed by atoms with van der Waals surface area (Å²) in [5, 5.41) is -0.356. The minimum absolute atomic E-state index is 0.142. The lowest BCUT2D eigenvalue weighted by Crippen LogP contribution is -2.43. The molecule has 0 unspecified atom stereocenters. The van der Waals surface area contributed by atoms with E-state index in [4.69, 9.17) is 4.74 Å². The third-order valence-electron chi connectivity index (χ3n) is 4.62. The number of carbonyl (C=O) groups is 1. The van der Waals surface area contributed by atoms with Crippen LogP contribution < -0.4 is 4.74 Å². The van der Waals surface area contributed by atoms with Gasteiger partial charge in [-0.1, -0.05) is 25.1 Å². The Hall–Kier alpha value is -2.41. The van der Waals surface area contributed by atoms with Crippen LogP contribution in [0.1, 0.15) is 30.1 Å². The molecule has 1 aromatic heterocycles. The Morgan fingerprint density at radius 2 is 1.88 bits per heavy atom. The van der Waals surface area contributed by atoms with E-state index in [1.807, 2.05) is 30.3 Å². The van der Waals surface area contributed by atoms with Gasteiger partial charge in [-0.3, -0.25) is 9.78 Å². The van der Waals surface area contributed by atoms with Gasteiger partial charge in [0, 0.05) is 31.2 Å². The maximum atomic E-state index is 12.9. The summed E-state index contributed by atoms with van der Waals surface area (Å²) in [6, 6.07) is 10.9. The molecule has 3 rings (SSSR count). The molecule has 1 aliphatic rings. The van der Waals surface area contributed by atoms with Gasteiger partial charge >= 0.3 is 0 Å². The van der Waals surface area contributed by atoms with E-state index in [9.17, 15) is 13.2 Å². The van der Waals surface area contributed by atoms with Gasteiger partial charge in [-0.05, 0) is 31.0 Å². The van der Waals surface area contributed by atoms with Crippen molar-refractivity contribution in [2.24, 2.45) is 0 Å². The number of pyridine rings is 1. The normalized spacial score (nSPS) is 15.7. The molecule has 138 valence electrons. The number of amides is 1. The minimum Gasteiger partial charge on any atom is -0.456 e. The van der Waals surface area contributed by atoms with Crippen LogP contribution in [-0.2, 0) is 9.84 Å². The number of aromatic nitrogens is 1. The largest absolute Gasteiger partial charge is 0.456 e. The second-order valence-electron chi connectivity index (χ2n) is 6.23. The van der Waals surface area contributed by atoms with Crippen LogP contribution in [0.5, 0.6) is 11.5 Å². The standard InChI is InChI=1S/C19H22N2O4S/c1-2-26(23,24)16-9-12-21(13-10-16)19(22)17-14-20-11-8-18(17)25-15-6-4-3-5-7-15/h3-8,11,14,16H,2,9-10,12-13H2,1H3. The number of hydrogen-bond acceptors (Lipinski definition) is 5. The Kier molecular flexibility index (Phi) is 5.56. The van der Waals surface area contributed by atoms with Gasteiger partial charge in [-0.2, -0.15) is 0 Å². The Balaban J connectivity index is 1.73. The van der Waals surface area contributed by atoms with E-state index in [1.54, 1.807) is 24.1 Å². The maximum absolute atomic E-state index is 12.9. The highest BCUT2D eigenvalue weighted by Gasteiger charge is 2.31. The molecule has 0 radical (unpaired) electrons. The van der Waals surface area contributed by atoms with E-state index in [-0.39, 0.29) is 16.9 Å². The van der Waals surface area contributed by atoms with Gasteiger partial charge in [-0.25, -0.2) is 8.42 Å². The molecule has 0 aliphatic carbocycles. The minimum atomic E-state index is -3.06. The number of carbonyl (C=O) groups excluding carboxylic acids is 1. The zero-order valence-electron chi connectivity index (χ0n) is 14.7. The van der Waals surface area contributed by atoms with E-state index < -0.39 is 9.84 Å². The molecule has 0 atom stereocenters.